The van der Waals surface area contributed by atoms with Gasteiger partial charge in [-0.05, 0) is 60.3 Å². The van der Waals surface area contributed by atoms with Crippen molar-refractivity contribution >= 4 is 5.97 Å². The van der Waals surface area contributed by atoms with Crippen molar-refractivity contribution in [2.45, 2.75) is 100 Å². The Hall–Kier alpha value is -0.830. The van der Waals surface area contributed by atoms with E-state index >= 15 is 0 Å². The topological polar surface area (TPSA) is 35.5 Å². The zero-order valence-electron chi connectivity index (χ0n) is 17.9. The van der Waals surface area contributed by atoms with Gasteiger partial charge >= 0.3 is 5.97 Å². The molecule has 0 aromatic carbocycles. The van der Waals surface area contributed by atoms with Crippen LogP contribution in [0.3, 0.4) is 0 Å². The Bertz CT molecular complexity index is 448. The maximum absolute atomic E-state index is 13.0. The van der Waals surface area contributed by atoms with Crippen molar-refractivity contribution in [2.75, 3.05) is 6.61 Å². The molecule has 0 saturated carbocycles. The van der Waals surface area contributed by atoms with Gasteiger partial charge in [-0.15, -0.1) is 0 Å². The van der Waals surface area contributed by atoms with Crippen molar-refractivity contribution in [1.82, 2.24) is 0 Å². The molecule has 0 fully saturated rings. The lowest BCUT2D eigenvalue weighted by Gasteiger charge is -2.40. The highest BCUT2D eigenvalue weighted by Gasteiger charge is 2.45. The molecule has 0 saturated heterocycles. The van der Waals surface area contributed by atoms with Crippen LogP contribution in [0.15, 0.2) is 11.6 Å². The van der Waals surface area contributed by atoms with Crippen molar-refractivity contribution in [3.05, 3.63) is 11.6 Å². The Kier molecular flexibility index (Phi) is 7.75. The van der Waals surface area contributed by atoms with Gasteiger partial charge in [-0.2, -0.15) is 0 Å². The molecule has 1 atom stereocenters. The fourth-order valence-electron chi connectivity index (χ4n) is 2.24. The van der Waals surface area contributed by atoms with E-state index < -0.39 is 11.0 Å². The van der Waals surface area contributed by atoms with Gasteiger partial charge in [0.2, 0.25) is 0 Å². The summed E-state index contributed by atoms with van der Waals surface area (Å²) >= 11 is 0. The Labute approximate surface area is 150 Å². The van der Waals surface area contributed by atoms with Crippen molar-refractivity contribution in [3.63, 3.8) is 0 Å². The fourth-order valence-corrected chi connectivity index (χ4v) is 2.24. The second kappa shape index (κ2) is 8.03. The van der Waals surface area contributed by atoms with E-state index in [0.717, 1.165) is 12.0 Å². The third-order valence-corrected chi connectivity index (χ3v) is 4.98. The summed E-state index contributed by atoms with van der Waals surface area (Å²) in [4.78, 5) is 13.0. The SMILES string of the molecule is CCC(C)(C)OCCC(C)(C)OC(=O)C(C)(C=C(C)C)C(C)(C)C. The predicted octanol–water partition coefficient (Wildman–Crippen LogP) is 5.92. The first kappa shape index (κ1) is 23.2. The van der Waals surface area contributed by atoms with Gasteiger partial charge in [0.1, 0.15) is 5.60 Å². The number of hydrogen-bond acceptors (Lipinski definition) is 3. The van der Waals surface area contributed by atoms with Gasteiger partial charge in [-0.3, -0.25) is 4.79 Å². The average Bonchev–Trinajstić information content (AvgIpc) is 2.35. The summed E-state index contributed by atoms with van der Waals surface area (Å²) in [5.41, 5.74) is -0.453. The molecule has 0 rings (SSSR count). The number of allylic oxidation sites excluding steroid dienone is 1. The molecule has 3 heteroatoms. The molecule has 0 aliphatic rings. The summed E-state index contributed by atoms with van der Waals surface area (Å²) in [6.07, 6.45) is 3.66. The van der Waals surface area contributed by atoms with Crippen molar-refractivity contribution in [3.8, 4) is 0 Å². The summed E-state index contributed by atoms with van der Waals surface area (Å²) in [7, 11) is 0. The maximum atomic E-state index is 13.0. The number of hydrogen-bond donors (Lipinski definition) is 0. The standard InChI is InChI=1S/C21H40O3/c1-12-19(7,8)23-14-13-20(9,10)24-17(22)21(11,15-16(2)3)18(4,5)6/h15H,12-14H2,1-11H3. The Morgan fingerprint density at radius 1 is 0.917 bits per heavy atom. The van der Waals surface area contributed by atoms with E-state index in [1.165, 1.54) is 0 Å². The van der Waals surface area contributed by atoms with Gasteiger partial charge in [0.15, 0.2) is 0 Å². The van der Waals surface area contributed by atoms with Crippen LogP contribution in [0.1, 0.15) is 89.0 Å². The summed E-state index contributed by atoms with van der Waals surface area (Å²) in [6, 6.07) is 0. The Morgan fingerprint density at radius 3 is 1.79 bits per heavy atom. The molecular weight excluding hydrogens is 300 g/mol. The minimum absolute atomic E-state index is 0.137. The van der Waals surface area contributed by atoms with E-state index in [9.17, 15) is 4.79 Å². The minimum atomic E-state index is -0.660. The monoisotopic (exact) mass is 340 g/mol. The molecule has 0 aromatic heterocycles. The van der Waals surface area contributed by atoms with E-state index in [1.54, 1.807) is 0 Å². The number of rotatable bonds is 8. The molecule has 0 aliphatic carbocycles. The van der Waals surface area contributed by atoms with E-state index in [-0.39, 0.29) is 17.0 Å². The number of carbonyl (C=O) groups excluding carboxylic acids is 1. The molecule has 0 heterocycles. The van der Waals surface area contributed by atoms with E-state index in [0.29, 0.717) is 13.0 Å². The quantitative estimate of drug-likeness (QED) is 0.406. The predicted molar refractivity (Wildman–Crippen MR) is 102 cm³/mol. The second-order valence-electron chi connectivity index (χ2n) is 9.53. The summed E-state index contributed by atoms with van der Waals surface area (Å²) in [5.74, 6) is -0.170. The van der Waals surface area contributed by atoms with Crippen molar-refractivity contribution in [1.29, 1.82) is 0 Å². The lowest BCUT2D eigenvalue weighted by atomic mass is 9.67. The molecule has 0 radical (unpaired) electrons. The van der Waals surface area contributed by atoms with Crippen LogP contribution in [0, 0.1) is 10.8 Å². The summed E-state index contributed by atoms with van der Waals surface area (Å²) in [5, 5.41) is 0. The molecule has 142 valence electrons. The van der Waals surface area contributed by atoms with E-state index in [2.05, 4.69) is 41.5 Å². The molecule has 24 heavy (non-hydrogen) atoms. The summed E-state index contributed by atoms with van der Waals surface area (Å²) < 4.78 is 11.8. The Morgan fingerprint density at radius 2 is 1.42 bits per heavy atom. The molecule has 0 amide bonds. The first-order chi connectivity index (χ1) is 10.6. The van der Waals surface area contributed by atoms with Crippen LogP contribution in [0.5, 0.6) is 0 Å². The molecule has 0 aliphatic heterocycles. The lowest BCUT2D eigenvalue weighted by molar-refractivity contribution is -0.173. The molecule has 0 spiro atoms. The number of esters is 1. The van der Waals surface area contributed by atoms with E-state index in [4.69, 9.17) is 9.47 Å². The summed E-state index contributed by atoms with van der Waals surface area (Å²) in [6.45, 7) is 23.0. The van der Waals surface area contributed by atoms with Crippen LogP contribution in [-0.2, 0) is 14.3 Å². The molecular formula is C21H40O3. The number of carbonyl (C=O) groups is 1. The largest absolute Gasteiger partial charge is 0.459 e. The average molecular weight is 341 g/mol. The number of ether oxygens (including phenoxy) is 2. The lowest BCUT2D eigenvalue weighted by Crippen LogP contribution is -2.44. The van der Waals surface area contributed by atoms with Gasteiger partial charge in [0.25, 0.3) is 0 Å². The van der Waals surface area contributed by atoms with Crippen LogP contribution in [0.4, 0.5) is 0 Å². The van der Waals surface area contributed by atoms with E-state index in [1.807, 2.05) is 40.7 Å². The van der Waals surface area contributed by atoms with Gasteiger partial charge in [-0.25, -0.2) is 0 Å². The Balaban J connectivity index is 5.07. The highest BCUT2D eigenvalue weighted by molar-refractivity contribution is 5.80. The van der Waals surface area contributed by atoms with Crippen molar-refractivity contribution < 1.29 is 14.3 Å². The first-order valence-corrected chi connectivity index (χ1v) is 9.10. The zero-order valence-corrected chi connectivity index (χ0v) is 17.9. The van der Waals surface area contributed by atoms with Crippen LogP contribution in [-0.4, -0.2) is 23.8 Å². The highest BCUT2D eigenvalue weighted by atomic mass is 16.6. The second-order valence-corrected chi connectivity index (χ2v) is 9.53. The highest BCUT2D eigenvalue weighted by Crippen LogP contribution is 2.42. The first-order valence-electron chi connectivity index (χ1n) is 9.10. The molecule has 1 unspecified atom stereocenters. The van der Waals surface area contributed by atoms with Crippen LogP contribution in [0.2, 0.25) is 0 Å². The zero-order chi connectivity index (χ0) is 19.4. The molecule has 3 nitrogen and oxygen atoms in total. The molecule has 0 N–H and O–H groups in total. The maximum Gasteiger partial charge on any atom is 0.316 e. The van der Waals surface area contributed by atoms with Crippen LogP contribution >= 0.6 is 0 Å². The van der Waals surface area contributed by atoms with Crippen LogP contribution < -0.4 is 0 Å². The third-order valence-electron chi connectivity index (χ3n) is 4.98. The van der Waals surface area contributed by atoms with Crippen LogP contribution in [0.25, 0.3) is 0 Å². The fraction of sp³-hybridized carbons (Fsp3) is 0.857. The van der Waals surface area contributed by atoms with Gasteiger partial charge < -0.3 is 9.47 Å². The van der Waals surface area contributed by atoms with Crippen molar-refractivity contribution in [2.24, 2.45) is 10.8 Å². The third kappa shape index (κ3) is 6.96. The minimum Gasteiger partial charge on any atom is -0.459 e. The van der Waals surface area contributed by atoms with Gasteiger partial charge in [0, 0.05) is 6.42 Å². The normalized spacial score (nSPS) is 15.6. The van der Waals surface area contributed by atoms with Gasteiger partial charge in [0.05, 0.1) is 17.6 Å². The smallest absolute Gasteiger partial charge is 0.316 e. The molecule has 0 bridgehead atoms. The van der Waals surface area contributed by atoms with Gasteiger partial charge in [-0.1, -0.05) is 39.3 Å². The molecule has 0 aromatic rings.